The minimum absolute atomic E-state index is 0.00117. The van der Waals surface area contributed by atoms with Crippen LogP contribution in [0.5, 0.6) is 0 Å². The molecule has 2 rings (SSSR count). The summed E-state index contributed by atoms with van der Waals surface area (Å²) in [6, 6.07) is 5.82. The van der Waals surface area contributed by atoms with Crippen molar-refractivity contribution in [3.05, 3.63) is 46.3 Å². The van der Waals surface area contributed by atoms with Gasteiger partial charge in [-0.3, -0.25) is 14.9 Å². The molecule has 1 amide bonds. The van der Waals surface area contributed by atoms with Crippen LogP contribution in [0.3, 0.4) is 0 Å². The molecule has 0 saturated heterocycles. The van der Waals surface area contributed by atoms with Crippen LogP contribution in [0.25, 0.3) is 0 Å². The summed E-state index contributed by atoms with van der Waals surface area (Å²) in [6.07, 6.45) is 2.96. The molecule has 0 saturated carbocycles. The zero-order valence-electron chi connectivity index (χ0n) is 11.5. The Morgan fingerprint density at radius 3 is 2.82 bits per heavy atom. The quantitative estimate of drug-likeness (QED) is 0.367. The van der Waals surface area contributed by atoms with E-state index < -0.39 is 4.92 Å². The van der Waals surface area contributed by atoms with Crippen LogP contribution in [0.4, 0.5) is 5.69 Å². The third kappa shape index (κ3) is 4.38. The lowest BCUT2D eigenvalue weighted by atomic mass is 10.2. The van der Waals surface area contributed by atoms with Gasteiger partial charge in [-0.25, -0.2) is 5.43 Å². The van der Waals surface area contributed by atoms with Crippen LogP contribution in [0, 0.1) is 10.1 Å². The van der Waals surface area contributed by atoms with Crippen LogP contribution in [0.15, 0.2) is 40.9 Å². The number of aromatic nitrogens is 3. The predicted molar refractivity (Wildman–Crippen MR) is 80.6 cm³/mol. The Bertz CT molecular complexity index is 697. The van der Waals surface area contributed by atoms with E-state index in [-0.39, 0.29) is 17.3 Å². The van der Waals surface area contributed by atoms with Gasteiger partial charge in [-0.1, -0.05) is 11.8 Å². The van der Waals surface area contributed by atoms with E-state index in [4.69, 9.17) is 0 Å². The molecule has 0 spiro atoms. The highest BCUT2D eigenvalue weighted by Crippen LogP contribution is 2.12. The van der Waals surface area contributed by atoms with Gasteiger partial charge >= 0.3 is 0 Å². The van der Waals surface area contributed by atoms with E-state index in [9.17, 15) is 14.9 Å². The molecule has 0 fully saturated rings. The van der Waals surface area contributed by atoms with Gasteiger partial charge in [0.15, 0.2) is 5.16 Å². The number of carbonyl (C=O) groups is 1. The van der Waals surface area contributed by atoms with Crippen molar-refractivity contribution in [3.8, 4) is 0 Å². The van der Waals surface area contributed by atoms with Gasteiger partial charge in [0, 0.05) is 19.2 Å². The maximum absolute atomic E-state index is 11.6. The van der Waals surface area contributed by atoms with E-state index in [1.54, 1.807) is 30.1 Å². The Labute approximate surface area is 129 Å². The molecule has 0 aliphatic heterocycles. The number of amides is 1. The number of hydrogen-bond donors (Lipinski definition) is 1. The molecule has 22 heavy (non-hydrogen) atoms. The first-order valence-corrected chi connectivity index (χ1v) is 7.08. The number of nitro groups is 1. The number of rotatable bonds is 6. The van der Waals surface area contributed by atoms with Crippen molar-refractivity contribution in [2.45, 2.75) is 5.16 Å². The number of nitro benzene ring substituents is 1. The topological polar surface area (TPSA) is 115 Å². The Morgan fingerprint density at radius 1 is 1.50 bits per heavy atom. The minimum atomic E-state index is -0.480. The smallest absolute Gasteiger partial charge is 0.269 e. The van der Waals surface area contributed by atoms with E-state index in [1.165, 1.54) is 30.1 Å². The van der Waals surface area contributed by atoms with Gasteiger partial charge in [0.2, 0.25) is 0 Å². The fraction of sp³-hybridized carbons (Fsp3) is 0.167. The minimum Gasteiger partial charge on any atom is -0.312 e. The molecule has 1 aromatic heterocycles. The molecule has 9 nitrogen and oxygen atoms in total. The van der Waals surface area contributed by atoms with E-state index in [2.05, 4.69) is 20.7 Å². The summed E-state index contributed by atoms with van der Waals surface area (Å²) in [4.78, 5) is 21.6. The van der Waals surface area contributed by atoms with Gasteiger partial charge in [-0.2, -0.15) is 5.10 Å². The Morgan fingerprint density at radius 2 is 2.23 bits per heavy atom. The Kier molecular flexibility index (Phi) is 5.20. The number of hydrazone groups is 1. The number of hydrogen-bond acceptors (Lipinski definition) is 7. The van der Waals surface area contributed by atoms with Crippen molar-refractivity contribution in [1.82, 2.24) is 20.2 Å². The van der Waals surface area contributed by atoms with Crippen molar-refractivity contribution in [2.75, 3.05) is 5.75 Å². The molecule has 0 unspecified atom stereocenters. The molecule has 114 valence electrons. The largest absolute Gasteiger partial charge is 0.312 e. The molecule has 0 radical (unpaired) electrons. The first-order valence-electron chi connectivity index (χ1n) is 6.09. The summed E-state index contributed by atoms with van der Waals surface area (Å²) in [7, 11) is 1.78. The van der Waals surface area contributed by atoms with Gasteiger partial charge < -0.3 is 4.57 Å². The number of nitrogens with zero attached hydrogens (tertiary/aromatic N) is 5. The fourth-order valence-corrected chi connectivity index (χ4v) is 2.11. The van der Waals surface area contributed by atoms with Crippen LogP contribution >= 0.6 is 11.8 Å². The standard InChI is InChI=1S/C12H12N6O3S/c1-17-8-14-16-12(17)22-7-11(19)15-13-6-9-2-4-10(5-3-9)18(20)21/h2-6,8H,7H2,1H3,(H,15,19)/b13-6-. The molecule has 1 N–H and O–H groups in total. The normalized spacial score (nSPS) is 10.8. The zero-order valence-corrected chi connectivity index (χ0v) is 12.4. The van der Waals surface area contributed by atoms with E-state index in [1.807, 2.05) is 0 Å². The molecule has 0 bridgehead atoms. The average molecular weight is 320 g/mol. The van der Waals surface area contributed by atoms with E-state index in [0.717, 1.165) is 0 Å². The lowest BCUT2D eigenvalue weighted by molar-refractivity contribution is -0.384. The molecule has 2 aromatic rings. The summed E-state index contributed by atoms with van der Waals surface area (Å²) in [5, 5.41) is 22.5. The number of benzene rings is 1. The highest BCUT2D eigenvalue weighted by atomic mass is 32.2. The van der Waals surface area contributed by atoms with Gasteiger partial charge in [-0.15, -0.1) is 10.2 Å². The summed E-state index contributed by atoms with van der Waals surface area (Å²) >= 11 is 1.24. The third-order valence-corrected chi connectivity index (χ3v) is 3.54. The van der Waals surface area contributed by atoms with Crippen molar-refractivity contribution in [2.24, 2.45) is 12.1 Å². The average Bonchev–Trinajstić information content (AvgIpc) is 2.91. The highest BCUT2D eigenvalue weighted by Gasteiger charge is 2.06. The van der Waals surface area contributed by atoms with Crippen LogP contribution in [-0.2, 0) is 11.8 Å². The van der Waals surface area contributed by atoms with Crippen LogP contribution in [-0.4, -0.2) is 37.6 Å². The second-order valence-corrected chi connectivity index (χ2v) is 5.10. The van der Waals surface area contributed by atoms with Gasteiger partial charge in [-0.05, 0) is 17.7 Å². The molecule has 10 heteroatoms. The predicted octanol–water partition coefficient (Wildman–Crippen LogP) is 0.966. The Hall–Kier alpha value is -2.75. The number of thioether (sulfide) groups is 1. The molecule has 1 heterocycles. The third-order valence-electron chi connectivity index (χ3n) is 2.51. The summed E-state index contributed by atoms with van der Waals surface area (Å²) in [5.41, 5.74) is 3.02. The van der Waals surface area contributed by atoms with Crippen molar-refractivity contribution in [1.29, 1.82) is 0 Å². The maximum Gasteiger partial charge on any atom is 0.269 e. The van der Waals surface area contributed by atoms with Gasteiger partial charge in [0.05, 0.1) is 16.9 Å². The maximum atomic E-state index is 11.6. The monoisotopic (exact) mass is 320 g/mol. The SMILES string of the molecule is Cn1cnnc1SCC(=O)N/N=C\c1ccc([N+](=O)[O-])cc1. The number of non-ortho nitro benzene ring substituents is 1. The van der Waals surface area contributed by atoms with Crippen LogP contribution in [0.1, 0.15) is 5.56 Å². The van der Waals surface area contributed by atoms with Crippen molar-refractivity contribution < 1.29 is 9.72 Å². The zero-order chi connectivity index (χ0) is 15.9. The highest BCUT2D eigenvalue weighted by molar-refractivity contribution is 7.99. The van der Waals surface area contributed by atoms with Gasteiger partial charge in [0.1, 0.15) is 6.33 Å². The second-order valence-electron chi connectivity index (χ2n) is 4.15. The molecule has 0 aliphatic carbocycles. The molecular formula is C12H12N6O3S. The lowest BCUT2D eigenvalue weighted by Crippen LogP contribution is -2.19. The first kappa shape index (κ1) is 15.6. The summed E-state index contributed by atoms with van der Waals surface area (Å²) in [5.74, 6) is -0.129. The number of carbonyl (C=O) groups excluding carboxylic acids is 1. The first-order chi connectivity index (χ1) is 10.6. The van der Waals surface area contributed by atoms with Gasteiger partial charge in [0.25, 0.3) is 11.6 Å². The van der Waals surface area contributed by atoms with Crippen molar-refractivity contribution >= 4 is 29.6 Å². The molecule has 0 atom stereocenters. The molecular weight excluding hydrogens is 308 g/mol. The van der Waals surface area contributed by atoms with E-state index in [0.29, 0.717) is 10.7 Å². The number of nitrogens with one attached hydrogen (secondary N) is 1. The lowest BCUT2D eigenvalue weighted by Gasteiger charge is -1.99. The fourth-order valence-electron chi connectivity index (χ4n) is 1.43. The number of aryl methyl sites for hydroxylation is 1. The molecule has 0 aliphatic rings. The Balaban J connectivity index is 1.80. The van der Waals surface area contributed by atoms with Crippen LogP contribution < -0.4 is 5.43 Å². The second kappa shape index (κ2) is 7.31. The summed E-state index contributed by atoms with van der Waals surface area (Å²) in [6.45, 7) is 0. The summed E-state index contributed by atoms with van der Waals surface area (Å²) < 4.78 is 1.71. The van der Waals surface area contributed by atoms with Crippen molar-refractivity contribution in [3.63, 3.8) is 0 Å². The molecule has 1 aromatic carbocycles. The van der Waals surface area contributed by atoms with Crippen LogP contribution in [0.2, 0.25) is 0 Å². The van der Waals surface area contributed by atoms with E-state index >= 15 is 0 Å².